The third-order valence-electron chi connectivity index (χ3n) is 6.05. The quantitative estimate of drug-likeness (QED) is 0.710. The van der Waals surface area contributed by atoms with E-state index < -0.39 is 0 Å². The van der Waals surface area contributed by atoms with Gasteiger partial charge in [0.25, 0.3) is 0 Å². The molecule has 2 fully saturated rings. The van der Waals surface area contributed by atoms with E-state index in [2.05, 4.69) is 19.9 Å². The Morgan fingerprint density at radius 1 is 1.24 bits per heavy atom. The molecule has 8 heteroatoms. The highest BCUT2D eigenvalue weighted by molar-refractivity contribution is 6.05. The van der Waals surface area contributed by atoms with Crippen molar-refractivity contribution in [2.24, 2.45) is 13.0 Å². The van der Waals surface area contributed by atoms with Crippen molar-refractivity contribution >= 4 is 22.7 Å². The van der Waals surface area contributed by atoms with E-state index in [1.165, 1.54) is 0 Å². The Labute approximate surface area is 171 Å². The maximum absolute atomic E-state index is 12.7. The molecular weight excluding hydrogens is 370 g/mol. The van der Waals surface area contributed by atoms with Gasteiger partial charge >= 0.3 is 5.97 Å². The SMILES string of the molecule is CCOC(=O)c1cnc2c(c(C)nn2C)c1N1CCC(CN2CCOCC2)CC1. The molecule has 158 valence electrons. The van der Waals surface area contributed by atoms with Crippen LogP contribution in [-0.4, -0.2) is 78.2 Å². The Morgan fingerprint density at radius 2 is 1.97 bits per heavy atom. The lowest BCUT2D eigenvalue weighted by Gasteiger charge is -2.37. The molecule has 4 rings (SSSR count). The number of anilines is 1. The molecule has 29 heavy (non-hydrogen) atoms. The highest BCUT2D eigenvalue weighted by Gasteiger charge is 2.29. The van der Waals surface area contributed by atoms with Crippen molar-refractivity contribution in [2.75, 3.05) is 57.4 Å². The van der Waals surface area contributed by atoms with E-state index in [4.69, 9.17) is 9.47 Å². The molecular formula is C21H31N5O3. The van der Waals surface area contributed by atoms with Gasteiger partial charge in [0.15, 0.2) is 5.65 Å². The standard InChI is InChI=1S/C21H31N5O3/c1-4-29-21(27)17-13-22-20-18(15(2)23-24(20)3)19(17)26-7-5-16(6-8-26)14-25-9-11-28-12-10-25/h13,16H,4-12,14H2,1-3H3. The topological polar surface area (TPSA) is 72.7 Å². The number of fused-ring (bicyclic) bond motifs is 1. The summed E-state index contributed by atoms with van der Waals surface area (Å²) in [4.78, 5) is 22.0. The van der Waals surface area contributed by atoms with Gasteiger partial charge in [-0.3, -0.25) is 9.58 Å². The van der Waals surface area contributed by atoms with Gasteiger partial charge < -0.3 is 14.4 Å². The number of carbonyl (C=O) groups is 1. The minimum Gasteiger partial charge on any atom is -0.462 e. The molecule has 0 saturated carbocycles. The predicted octanol–water partition coefficient (Wildman–Crippen LogP) is 2.00. The van der Waals surface area contributed by atoms with Crippen molar-refractivity contribution in [2.45, 2.75) is 26.7 Å². The first-order valence-electron chi connectivity index (χ1n) is 10.6. The highest BCUT2D eigenvalue weighted by atomic mass is 16.5. The first kappa shape index (κ1) is 20.1. The molecule has 0 atom stereocenters. The van der Waals surface area contributed by atoms with Crippen LogP contribution in [-0.2, 0) is 16.5 Å². The second-order valence-corrected chi connectivity index (χ2v) is 7.99. The number of carbonyl (C=O) groups excluding carboxylic acids is 1. The van der Waals surface area contributed by atoms with E-state index in [0.717, 1.165) is 81.2 Å². The largest absolute Gasteiger partial charge is 0.462 e. The van der Waals surface area contributed by atoms with E-state index in [1.54, 1.807) is 10.9 Å². The van der Waals surface area contributed by atoms with Crippen LogP contribution < -0.4 is 4.90 Å². The van der Waals surface area contributed by atoms with Crippen molar-refractivity contribution in [1.82, 2.24) is 19.7 Å². The number of nitrogens with zero attached hydrogens (tertiary/aromatic N) is 5. The maximum atomic E-state index is 12.7. The summed E-state index contributed by atoms with van der Waals surface area (Å²) in [6.07, 6.45) is 3.88. The number of aromatic nitrogens is 3. The fraction of sp³-hybridized carbons (Fsp3) is 0.667. The van der Waals surface area contributed by atoms with Gasteiger partial charge in [-0.2, -0.15) is 5.10 Å². The molecule has 0 aliphatic carbocycles. The fourth-order valence-electron chi connectivity index (χ4n) is 4.57. The van der Waals surface area contributed by atoms with Crippen LogP contribution in [0.15, 0.2) is 6.20 Å². The molecule has 2 saturated heterocycles. The summed E-state index contributed by atoms with van der Waals surface area (Å²) in [6, 6.07) is 0. The third kappa shape index (κ3) is 4.09. The summed E-state index contributed by atoms with van der Waals surface area (Å²) in [5.74, 6) is 0.373. The zero-order chi connectivity index (χ0) is 20.4. The summed E-state index contributed by atoms with van der Waals surface area (Å²) in [5.41, 5.74) is 3.18. The molecule has 0 spiro atoms. The summed E-state index contributed by atoms with van der Waals surface area (Å²) in [7, 11) is 1.89. The van der Waals surface area contributed by atoms with Crippen molar-refractivity contribution in [3.63, 3.8) is 0 Å². The summed E-state index contributed by atoms with van der Waals surface area (Å²) >= 11 is 0. The van der Waals surface area contributed by atoms with E-state index >= 15 is 0 Å². The lowest BCUT2D eigenvalue weighted by atomic mass is 9.94. The van der Waals surface area contributed by atoms with Crippen LogP contribution in [0.25, 0.3) is 11.0 Å². The van der Waals surface area contributed by atoms with Gasteiger partial charge in [0.05, 0.1) is 36.6 Å². The van der Waals surface area contributed by atoms with Crippen molar-refractivity contribution in [1.29, 1.82) is 0 Å². The number of esters is 1. The minimum absolute atomic E-state index is 0.310. The molecule has 8 nitrogen and oxygen atoms in total. The van der Waals surface area contributed by atoms with Gasteiger partial charge in [-0.15, -0.1) is 0 Å². The Morgan fingerprint density at radius 3 is 2.66 bits per heavy atom. The van der Waals surface area contributed by atoms with Crippen LogP contribution in [0.4, 0.5) is 5.69 Å². The molecule has 4 heterocycles. The first-order chi connectivity index (χ1) is 14.1. The zero-order valence-corrected chi connectivity index (χ0v) is 17.7. The highest BCUT2D eigenvalue weighted by Crippen LogP contribution is 2.35. The van der Waals surface area contributed by atoms with E-state index in [9.17, 15) is 4.79 Å². The normalized spacial score (nSPS) is 19.1. The Kier molecular flexibility index (Phi) is 6.01. The Bertz CT molecular complexity index is 867. The summed E-state index contributed by atoms with van der Waals surface area (Å²) in [6.45, 7) is 10.9. The Balaban J connectivity index is 1.57. The predicted molar refractivity (Wildman–Crippen MR) is 111 cm³/mol. The number of aryl methyl sites for hydroxylation is 2. The molecule has 2 aliphatic heterocycles. The second-order valence-electron chi connectivity index (χ2n) is 7.99. The minimum atomic E-state index is -0.310. The molecule has 0 aromatic carbocycles. The van der Waals surface area contributed by atoms with Crippen LogP contribution in [0.1, 0.15) is 35.8 Å². The molecule has 0 N–H and O–H groups in total. The van der Waals surface area contributed by atoms with Crippen LogP contribution in [0.3, 0.4) is 0 Å². The van der Waals surface area contributed by atoms with Gasteiger partial charge in [-0.25, -0.2) is 9.78 Å². The number of hydrogen-bond donors (Lipinski definition) is 0. The Hall–Kier alpha value is -2.19. The number of ether oxygens (including phenoxy) is 2. The molecule has 2 aromatic heterocycles. The lowest BCUT2D eigenvalue weighted by Crippen LogP contribution is -2.43. The van der Waals surface area contributed by atoms with Crippen LogP contribution in [0, 0.1) is 12.8 Å². The number of hydrogen-bond acceptors (Lipinski definition) is 7. The van der Waals surface area contributed by atoms with Crippen molar-refractivity contribution in [3.8, 4) is 0 Å². The summed E-state index contributed by atoms with van der Waals surface area (Å²) < 4.78 is 12.6. The molecule has 2 aliphatic rings. The number of pyridine rings is 1. The molecule has 0 radical (unpaired) electrons. The third-order valence-corrected chi connectivity index (χ3v) is 6.05. The second kappa shape index (κ2) is 8.67. The van der Waals surface area contributed by atoms with Crippen LogP contribution >= 0.6 is 0 Å². The lowest BCUT2D eigenvalue weighted by molar-refractivity contribution is 0.0289. The van der Waals surface area contributed by atoms with Crippen molar-refractivity contribution < 1.29 is 14.3 Å². The zero-order valence-electron chi connectivity index (χ0n) is 17.7. The van der Waals surface area contributed by atoms with Crippen molar-refractivity contribution in [3.05, 3.63) is 17.5 Å². The molecule has 2 aromatic rings. The van der Waals surface area contributed by atoms with E-state index in [1.807, 2.05) is 20.9 Å². The number of rotatable bonds is 5. The van der Waals surface area contributed by atoms with Gasteiger partial charge in [-0.05, 0) is 32.6 Å². The average molecular weight is 402 g/mol. The fourth-order valence-corrected chi connectivity index (χ4v) is 4.57. The maximum Gasteiger partial charge on any atom is 0.341 e. The van der Waals surface area contributed by atoms with Crippen LogP contribution in [0.5, 0.6) is 0 Å². The van der Waals surface area contributed by atoms with Gasteiger partial charge in [0, 0.05) is 46.0 Å². The number of morpholine rings is 1. The van der Waals surface area contributed by atoms with Gasteiger partial charge in [0.1, 0.15) is 5.56 Å². The number of piperidine rings is 1. The first-order valence-corrected chi connectivity index (χ1v) is 10.6. The summed E-state index contributed by atoms with van der Waals surface area (Å²) in [5, 5.41) is 5.50. The van der Waals surface area contributed by atoms with Crippen LogP contribution in [0.2, 0.25) is 0 Å². The molecule has 0 bridgehead atoms. The van der Waals surface area contributed by atoms with Gasteiger partial charge in [-0.1, -0.05) is 0 Å². The average Bonchev–Trinajstić information content (AvgIpc) is 3.03. The van der Waals surface area contributed by atoms with E-state index in [0.29, 0.717) is 18.1 Å². The molecule has 0 amide bonds. The van der Waals surface area contributed by atoms with E-state index in [-0.39, 0.29) is 5.97 Å². The molecule has 0 unspecified atom stereocenters. The smallest absolute Gasteiger partial charge is 0.341 e. The van der Waals surface area contributed by atoms with Gasteiger partial charge in [0.2, 0.25) is 0 Å². The monoisotopic (exact) mass is 401 g/mol.